The van der Waals surface area contributed by atoms with Gasteiger partial charge in [-0.25, -0.2) is 14.4 Å². The Labute approximate surface area is 148 Å². The summed E-state index contributed by atoms with van der Waals surface area (Å²) in [5.74, 6) is 0.880. The van der Waals surface area contributed by atoms with Crippen LogP contribution in [0.1, 0.15) is 18.4 Å². The Kier molecular flexibility index (Phi) is 4.74. The first-order chi connectivity index (χ1) is 12.3. The molecule has 4 rings (SSSR count). The third-order valence-electron chi connectivity index (χ3n) is 5.19. The highest BCUT2D eigenvalue weighted by Gasteiger charge is 2.32. The van der Waals surface area contributed by atoms with Gasteiger partial charge in [0.25, 0.3) is 0 Å². The van der Waals surface area contributed by atoms with Crippen molar-refractivity contribution >= 4 is 12.0 Å². The second-order valence-electron chi connectivity index (χ2n) is 6.90. The lowest BCUT2D eigenvalue weighted by Gasteiger charge is -2.45. The number of nitrogens with zero attached hydrogens (tertiary/aromatic N) is 4. The Morgan fingerprint density at radius 2 is 1.80 bits per heavy atom. The maximum absolute atomic E-state index is 13.0. The number of hydrogen-bond donors (Lipinski definition) is 0. The normalized spacial score (nSPS) is 24.4. The lowest BCUT2D eigenvalue weighted by atomic mass is 9.90. The molecule has 2 saturated heterocycles. The Morgan fingerprint density at radius 1 is 1.00 bits per heavy atom. The van der Waals surface area contributed by atoms with Crippen molar-refractivity contribution in [1.29, 1.82) is 0 Å². The Hall–Kier alpha value is -2.27. The van der Waals surface area contributed by atoms with Gasteiger partial charge in [-0.15, -0.1) is 0 Å². The van der Waals surface area contributed by atoms with Gasteiger partial charge in [-0.05, 0) is 24.3 Å². The molecule has 1 aromatic heterocycles. The highest BCUT2D eigenvalue weighted by molar-refractivity contribution is 5.49. The van der Waals surface area contributed by atoms with Gasteiger partial charge in [-0.2, -0.15) is 0 Å². The molecule has 2 aliphatic heterocycles. The smallest absolute Gasteiger partial charge is 0.225 e. The molecular weight excluding hydrogens is 315 g/mol. The van der Waals surface area contributed by atoms with E-state index in [1.54, 1.807) is 0 Å². The molecule has 0 N–H and O–H groups in total. The van der Waals surface area contributed by atoms with Gasteiger partial charge in [-0.3, -0.25) is 4.90 Å². The van der Waals surface area contributed by atoms with Crippen LogP contribution in [0.5, 0.6) is 0 Å². The number of aromatic nitrogens is 2. The summed E-state index contributed by atoms with van der Waals surface area (Å²) in [6.07, 6.45) is 9.50. The molecule has 1 aromatic carbocycles. The van der Waals surface area contributed by atoms with Gasteiger partial charge in [0.15, 0.2) is 5.82 Å². The molecule has 5 heteroatoms. The van der Waals surface area contributed by atoms with Crippen LogP contribution in [0.3, 0.4) is 0 Å². The van der Waals surface area contributed by atoms with Gasteiger partial charge in [0.2, 0.25) is 5.95 Å². The number of rotatable bonds is 3. The first-order valence-electron chi connectivity index (χ1n) is 8.98. The first kappa shape index (κ1) is 16.2. The van der Waals surface area contributed by atoms with Gasteiger partial charge in [-0.1, -0.05) is 42.5 Å². The molecule has 3 heterocycles. The van der Waals surface area contributed by atoms with Crippen molar-refractivity contribution < 1.29 is 4.39 Å². The van der Waals surface area contributed by atoms with E-state index in [1.807, 2.05) is 6.07 Å². The van der Waals surface area contributed by atoms with Crippen LogP contribution in [-0.2, 0) is 0 Å². The van der Waals surface area contributed by atoms with E-state index in [0.717, 1.165) is 26.2 Å². The minimum absolute atomic E-state index is 0.381. The molecule has 0 radical (unpaired) electrons. The van der Waals surface area contributed by atoms with E-state index in [1.165, 1.54) is 30.8 Å². The zero-order chi connectivity index (χ0) is 17.1. The predicted octanol–water partition coefficient (Wildman–Crippen LogP) is 3.23. The molecule has 2 fully saturated rings. The molecule has 2 aliphatic rings. The van der Waals surface area contributed by atoms with Gasteiger partial charge in [0.1, 0.15) is 0 Å². The zero-order valence-corrected chi connectivity index (χ0v) is 14.3. The molecule has 0 aliphatic carbocycles. The SMILES string of the molecule is Fc1cnc(N2CCN3C[C@@H](C=Cc4ccccc4)CC[C@H]3C2)nc1. The van der Waals surface area contributed by atoms with Crippen molar-refractivity contribution in [2.24, 2.45) is 5.92 Å². The summed E-state index contributed by atoms with van der Waals surface area (Å²) in [5, 5.41) is 0. The van der Waals surface area contributed by atoms with Crippen molar-refractivity contribution in [3.05, 3.63) is 60.2 Å². The van der Waals surface area contributed by atoms with Crippen LogP contribution in [0.15, 0.2) is 48.8 Å². The second kappa shape index (κ2) is 7.31. The molecule has 2 aromatic rings. The summed E-state index contributed by atoms with van der Waals surface area (Å²) in [7, 11) is 0. The summed E-state index contributed by atoms with van der Waals surface area (Å²) < 4.78 is 13.0. The Balaban J connectivity index is 1.35. The van der Waals surface area contributed by atoms with Crippen LogP contribution >= 0.6 is 0 Å². The summed E-state index contributed by atoms with van der Waals surface area (Å²) >= 11 is 0. The van der Waals surface area contributed by atoms with Crippen LogP contribution in [0, 0.1) is 11.7 Å². The van der Waals surface area contributed by atoms with Crippen LogP contribution in [0.25, 0.3) is 6.08 Å². The summed E-state index contributed by atoms with van der Waals surface area (Å²) in [5.41, 5.74) is 1.27. The van der Waals surface area contributed by atoms with E-state index in [4.69, 9.17) is 0 Å². The molecular formula is C20H23FN4. The molecule has 0 unspecified atom stereocenters. The van der Waals surface area contributed by atoms with Crippen molar-refractivity contribution in [2.75, 3.05) is 31.1 Å². The number of anilines is 1. The quantitative estimate of drug-likeness (QED) is 0.860. The number of hydrogen-bond acceptors (Lipinski definition) is 4. The Bertz CT molecular complexity index is 716. The molecule has 0 amide bonds. The fourth-order valence-corrected chi connectivity index (χ4v) is 3.82. The van der Waals surface area contributed by atoms with Crippen molar-refractivity contribution in [3.63, 3.8) is 0 Å². The minimum atomic E-state index is -0.381. The highest BCUT2D eigenvalue weighted by Crippen LogP contribution is 2.27. The van der Waals surface area contributed by atoms with Crippen molar-refractivity contribution in [3.8, 4) is 0 Å². The van der Waals surface area contributed by atoms with Crippen LogP contribution in [0.4, 0.5) is 10.3 Å². The third kappa shape index (κ3) is 3.87. The van der Waals surface area contributed by atoms with Crippen molar-refractivity contribution in [2.45, 2.75) is 18.9 Å². The molecule has 2 atom stereocenters. The van der Waals surface area contributed by atoms with E-state index in [2.05, 4.69) is 56.2 Å². The van der Waals surface area contributed by atoms with Gasteiger partial charge in [0, 0.05) is 32.2 Å². The number of piperazine rings is 1. The molecule has 25 heavy (non-hydrogen) atoms. The van der Waals surface area contributed by atoms with Gasteiger partial charge < -0.3 is 4.90 Å². The van der Waals surface area contributed by atoms with Crippen LogP contribution < -0.4 is 4.90 Å². The predicted molar refractivity (Wildman–Crippen MR) is 97.8 cm³/mol. The molecule has 0 saturated carbocycles. The molecule has 4 nitrogen and oxygen atoms in total. The van der Waals surface area contributed by atoms with E-state index in [9.17, 15) is 4.39 Å². The summed E-state index contributed by atoms with van der Waals surface area (Å²) in [4.78, 5) is 13.0. The van der Waals surface area contributed by atoms with Gasteiger partial charge in [0.05, 0.1) is 12.4 Å². The molecule has 0 spiro atoms. The highest BCUT2D eigenvalue weighted by atomic mass is 19.1. The van der Waals surface area contributed by atoms with E-state index in [-0.39, 0.29) is 5.82 Å². The van der Waals surface area contributed by atoms with E-state index < -0.39 is 0 Å². The average Bonchev–Trinajstić information content (AvgIpc) is 2.67. The first-order valence-corrected chi connectivity index (χ1v) is 8.98. The maximum atomic E-state index is 13.0. The average molecular weight is 338 g/mol. The summed E-state index contributed by atoms with van der Waals surface area (Å²) in [6.45, 7) is 3.96. The topological polar surface area (TPSA) is 32.3 Å². The van der Waals surface area contributed by atoms with E-state index in [0.29, 0.717) is 17.9 Å². The zero-order valence-electron chi connectivity index (χ0n) is 14.3. The number of fused-ring (bicyclic) bond motifs is 1. The number of benzene rings is 1. The molecule has 130 valence electrons. The summed E-state index contributed by atoms with van der Waals surface area (Å²) in [6, 6.07) is 11.0. The van der Waals surface area contributed by atoms with Crippen molar-refractivity contribution in [1.82, 2.24) is 14.9 Å². The minimum Gasteiger partial charge on any atom is -0.338 e. The Morgan fingerprint density at radius 3 is 2.60 bits per heavy atom. The number of piperidine rings is 1. The third-order valence-corrected chi connectivity index (χ3v) is 5.19. The lowest BCUT2D eigenvalue weighted by Crippen LogP contribution is -2.56. The second-order valence-corrected chi connectivity index (χ2v) is 6.90. The maximum Gasteiger partial charge on any atom is 0.225 e. The molecule has 0 bridgehead atoms. The monoisotopic (exact) mass is 338 g/mol. The van der Waals surface area contributed by atoms with Crippen LogP contribution in [0.2, 0.25) is 0 Å². The largest absolute Gasteiger partial charge is 0.338 e. The fourth-order valence-electron chi connectivity index (χ4n) is 3.82. The standard InChI is InChI=1S/C20H23FN4/c21-18-12-22-20(23-13-18)25-11-10-24-14-17(8-9-19(24)15-25)7-6-16-4-2-1-3-5-16/h1-7,12-13,17,19H,8-11,14-15H2/t17-,19-/m0/s1. The fraction of sp³-hybridized carbons (Fsp3) is 0.400. The van der Waals surface area contributed by atoms with E-state index >= 15 is 0 Å². The van der Waals surface area contributed by atoms with Crippen LogP contribution in [-0.4, -0.2) is 47.1 Å². The number of halogens is 1. The van der Waals surface area contributed by atoms with Gasteiger partial charge >= 0.3 is 0 Å². The lowest BCUT2D eigenvalue weighted by molar-refractivity contribution is 0.110.